The van der Waals surface area contributed by atoms with Gasteiger partial charge in [0.2, 0.25) is 0 Å². The number of nitrogens with two attached hydrogens (primary N) is 1. The van der Waals surface area contributed by atoms with E-state index in [2.05, 4.69) is 4.98 Å². The van der Waals surface area contributed by atoms with Gasteiger partial charge < -0.3 is 10.5 Å². The first-order chi connectivity index (χ1) is 8.02. The molecule has 6 heteroatoms. The number of rotatable bonds is 5. The number of nitrogens with zero attached hydrogens (tertiary/aromatic N) is 1. The van der Waals surface area contributed by atoms with Crippen molar-refractivity contribution in [2.45, 2.75) is 32.4 Å². The second-order valence-corrected chi connectivity index (χ2v) is 4.40. The summed E-state index contributed by atoms with van der Waals surface area (Å²) in [5, 5.41) is 0.530. The highest BCUT2D eigenvalue weighted by Gasteiger charge is 2.14. The summed E-state index contributed by atoms with van der Waals surface area (Å²) in [7, 11) is 0. The SMILES string of the molecule is CCC[C@H](N)C(=O)OCc1cc(Cl)nc(Cl)c1. The number of esters is 1. The van der Waals surface area contributed by atoms with Crippen LogP contribution in [0.4, 0.5) is 0 Å². The molecular weight excluding hydrogens is 263 g/mol. The lowest BCUT2D eigenvalue weighted by Crippen LogP contribution is -2.31. The molecule has 0 fully saturated rings. The van der Waals surface area contributed by atoms with E-state index in [1.54, 1.807) is 12.1 Å². The quantitative estimate of drug-likeness (QED) is 0.663. The minimum atomic E-state index is -0.576. The molecule has 0 aliphatic carbocycles. The first-order valence-electron chi connectivity index (χ1n) is 5.27. The van der Waals surface area contributed by atoms with Gasteiger partial charge in [0.25, 0.3) is 0 Å². The molecule has 0 aromatic carbocycles. The van der Waals surface area contributed by atoms with Crippen molar-refractivity contribution in [3.63, 3.8) is 0 Å². The molecule has 4 nitrogen and oxygen atoms in total. The molecule has 0 unspecified atom stereocenters. The largest absolute Gasteiger partial charge is 0.460 e. The molecule has 1 aromatic heterocycles. The van der Waals surface area contributed by atoms with E-state index in [4.69, 9.17) is 33.7 Å². The van der Waals surface area contributed by atoms with Gasteiger partial charge in [0.15, 0.2) is 0 Å². The number of hydrogen-bond acceptors (Lipinski definition) is 4. The van der Waals surface area contributed by atoms with E-state index in [0.717, 1.165) is 6.42 Å². The average molecular weight is 277 g/mol. The number of aromatic nitrogens is 1. The summed E-state index contributed by atoms with van der Waals surface area (Å²) in [6, 6.07) is 2.60. The fraction of sp³-hybridized carbons (Fsp3) is 0.455. The zero-order valence-electron chi connectivity index (χ0n) is 9.45. The zero-order valence-corrected chi connectivity index (χ0v) is 11.0. The summed E-state index contributed by atoms with van der Waals surface area (Å²) in [6.45, 7) is 2.05. The van der Waals surface area contributed by atoms with Gasteiger partial charge in [0.05, 0.1) is 0 Å². The van der Waals surface area contributed by atoms with Crippen LogP contribution in [-0.4, -0.2) is 17.0 Å². The molecule has 0 bridgehead atoms. The van der Waals surface area contributed by atoms with E-state index in [1.807, 2.05) is 6.92 Å². The van der Waals surface area contributed by atoms with Gasteiger partial charge in [-0.3, -0.25) is 4.79 Å². The van der Waals surface area contributed by atoms with E-state index in [0.29, 0.717) is 12.0 Å². The van der Waals surface area contributed by atoms with E-state index >= 15 is 0 Å². The van der Waals surface area contributed by atoms with Crippen LogP contribution in [0.15, 0.2) is 12.1 Å². The fourth-order valence-electron chi connectivity index (χ4n) is 1.29. The van der Waals surface area contributed by atoms with Gasteiger partial charge in [-0.05, 0) is 24.1 Å². The van der Waals surface area contributed by atoms with Gasteiger partial charge in [0, 0.05) is 0 Å². The lowest BCUT2D eigenvalue weighted by Gasteiger charge is -2.10. The van der Waals surface area contributed by atoms with Gasteiger partial charge in [-0.2, -0.15) is 0 Å². The third-order valence-corrected chi connectivity index (χ3v) is 2.49. The first kappa shape index (κ1) is 14.2. The number of carbonyl (C=O) groups is 1. The van der Waals surface area contributed by atoms with Crippen molar-refractivity contribution < 1.29 is 9.53 Å². The van der Waals surface area contributed by atoms with Gasteiger partial charge in [-0.15, -0.1) is 0 Å². The Kier molecular flexibility index (Phi) is 5.68. The summed E-state index contributed by atoms with van der Waals surface area (Å²) in [4.78, 5) is 15.2. The van der Waals surface area contributed by atoms with Crippen LogP contribution in [-0.2, 0) is 16.1 Å². The van der Waals surface area contributed by atoms with Crippen molar-refractivity contribution in [2.75, 3.05) is 0 Å². The second-order valence-electron chi connectivity index (χ2n) is 3.62. The van der Waals surface area contributed by atoms with Crippen molar-refractivity contribution in [1.82, 2.24) is 4.98 Å². The van der Waals surface area contributed by atoms with Crippen LogP contribution in [0.25, 0.3) is 0 Å². The lowest BCUT2D eigenvalue weighted by molar-refractivity contribution is -0.146. The van der Waals surface area contributed by atoms with Crippen molar-refractivity contribution in [3.05, 3.63) is 28.0 Å². The zero-order chi connectivity index (χ0) is 12.8. The monoisotopic (exact) mass is 276 g/mol. The molecule has 0 saturated heterocycles. The number of carbonyl (C=O) groups excluding carboxylic acids is 1. The second kappa shape index (κ2) is 6.79. The molecule has 0 aliphatic rings. The van der Waals surface area contributed by atoms with Crippen LogP contribution < -0.4 is 5.73 Å². The maximum atomic E-state index is 11.4. The summed E-state index contributed by atoms with van der Waals surface area (Å²) < 4.78 is 5.04. The molecule has 0 amide bonds. The van der Waals surface area contributed by atoms with Crippen LogP contribution >= 0.6 is 23.2 Å². The summed E-state index contributed by atoms with van der Waals surface area (Å²) in [5.74, 6) is -0.420. The van der Waals surface area contributed by atoms with E-state index in [1.165, 1.54) is 0 Å². The Labute approximate surface area is 110 Å². The Hall–Kier alpha value is -0.840. The van der Waals surface area contributed by atoms with Crippen molar-refractivity contribution >= 4 is 29.2 Å². The van der Waals surface area contributed by atoms with Gasteiger partial charge in [0.1, 0.15) is 23.0 Å². The predicted molar refractivity (Wildman–Crippen MR) is 66.9 cm³/mol. The number of ether oxygens (including phenoxy) is 1. The first-order valence-corrected chi connectivity index (χ1v) is 6.02. The normalized spacial score (nSPS) is 12.2. The summed E-state index contributed by atoms with van der Waals surface area (Å²) in [6.07, 6.45) is 1.44. The molecule has 1 aromatic rings. The van der Waals surface area contributed by atoms with Gasteiger partial charge in [-0.25, -0.2) is 4.98 Å². The molecule has 17 heavy (non-hydrogen) atoms. The Bertz CT molecular complexity index is 379. The molecule has 1 heterocycles. The van der Waals surface area contributed by atoms with Gasteiger partial charge >= 0.3 is 5.97 Å². The Morgan fingerprint density at radius 2 is 2.06 bits per heavy atom. The fourth-order valence-corrected chi connectivity index (χ4v) is 1.79. The van der Waals surface area contributed by atoms with Crippen molar-refractivity contribution in [2.24, 2.45) is 5.73 Å². The molecular formula is C11H14Cl2N2O2. The van der Waals surface area contributed by atoms with Crippen molar-refractivity contribution in [1.29, 1.82) is 0 Å². The van der Waals surface area contributed by atoms with Crippen LogP contribution in [0.3, 0.4) is 0 Å². The van der Waals surface area contributed by atoms with Crippen LogP contribution in [0.1, 0.15) is 25.3 Å². The highest BCUT2D eigenvalue weighted by Crippen LogP contribution is 2.15. The van der Waals surface area contributed by atoms with Crippen LogP contribution in [0, 0.1) is 0 Å². The average Bonchev–Trinajstić information content (AvgIpc) is 2.25. The smallest absolute Gasteiger partial charge is 0.323 e. The number of halogens is 2. The number of hydrogen-bond donors (Lipinski definition) is 1. The molecule has 1 atom stereocenters. The van der Waals surface area contributed by atoms with E-state index < -0.39 is 12.0 Å². The standard InChI is InChI=1S/C11H14Cl2N2O2/c1-2-3-8(14)11(16)17-6-7-4-9(12)15-10(13)5-7/h4-5,8H,2-3,6,14H2,1H3/t8-/m0/s1. The molecule has 0 saturated carbocycles. The Balaban J connectivity index is 2.52. The predicted octanol–water partition coefficient (Wildman–Crippen LogP) is 2.56. The molecule has 1 rings (SSSR count). The maximum absolute atomic E-state index is 11.4. The molecule has 0 aliphatic heterocycles. The lowest BCUT2D eigenvalue weighted by atomic mass is 10.2. The minimum Gasteiger partial charge on any atom is -0.460 e. The molecule has 2 N–H and O–H groups in total. The van der Waals surface area contributed by atoms with E-state index in [-0.39, 0.29) is 16.9 Å². The van der Waals surface area contributed by atoms with E-state index in [9.17, 15) is 4.79 Å². The third kappa shape index (κ3) is 4.89. The van der Waals surface area contributed by atoms with Crippen LogP contribution in [0.5, 0.6) is 0 Å². The molecule has 0 spiro atoms. The number of pyridine rings is 1. The topological polar surface area (TPSA) is 65.2 Å². The highest BCUT2D eigenvalue weighted by molar-refractivity contribution is 6.32. The third-order valence-electron chi connectivity index (χ3n) is 2.11. The summed E-state index contributed by atoms with van der Waals surface area (Å²) >= 11 is 11.4. The summed E-state index contributed by atoms with van der Waals surface area (Å²) in [5.41, 5.74) is 6.30. The van der Waals surface area contributed by atoms with Crippen molar-refractivity contribution in [3.8, 4) is 0 Å². The minimum absolute atomic E-state index is 0.0954. The van der Waals surface area contributed by atoms with Crippen LogP contribution in [0.2, 0.25) is 10.3 Å². The Morgan fingerprint density at radius 3 is 2.59 bits per heavy atom. The molecule has 94 valence electrons. The van der Waals surface area contributed by atoms with Gasteiger partial charge in [-0.1, -0.05) is 36.5 Å². The maximum Gasteiger partial charge on any atom is 0.323 e. The Morgan fingerprint density at radius 1 is 1.47 bits per heavy atom. The highest BCUT2D eigenvalue weighted by atomic mass is 35.5. The molecule has 0 radical (unpaired) electrons.